The first-order valence-electron chi connectivity index (χ1n) is 9.95. The molecule has 1 saturated heterocycles. The monoisotopic (exact) mass is 409 g/mol. The zero-order valence-electron chi connectivity index (χ0n) is 16.8. The highest BCUT2D eigenvalue weighted by molar-refractivity contribution is 5.92. The molecule has 4 rings (SSSR count). The normalized spacial score (nSPS) is 15.3. The number of hydrogen-bond acceptors (Lipinski definition) is 6. The second-order valence-corrected chi connectivity index (χ2v) is 7.48. The molecule has 1 N–H and O–H groups in total. The topological polar surface area (TPSA) is 74.5 Å². The Hall–Kier alpha value is -3.10. The van der Waals surface area contributed by atoms with Gasteiger partial charge in [0.25, 0.3) is 0 Å². The van der Waals surface area contributed by atoms with E-state index in [2.05, 4.69) is 25.3 Å². The standard InChI is InChI=1S/C22H24FN5O2/c1-16-3-2-4-17(13-16)22-26-25-21(30-22)15-28-11-9-27(10-12-28)14-20(29)24-19-7-5-18(23)6-8-19/h2-8,13H,9-12,14-15H2,1H3,(H,24,29). The number of benzene rings is 2. The van der Waals surface area contributed by atoms with Gasteiger partial charge in [-0.25, -0.2) is 4.39 Å². The zero-order chi connectivity index (χ0) is 20.9. The Labute approximate surface area is 174 Å². The van der Waals surface area contributed by atoms with Crippen molar-refractivity contribution in [2.75, 3.05) is 38.0 Å². The summed E-state index contributed by atoms with van der Waals surface area (Å²) in [4.78, 5) is 16.5. The molecule has 3 aromatic rings. The average Bonchev–Trinajstić information content (AvgIpc) is 3.20. The van der Waals surface area contributed by atoms with Crippen LogP contribution in [0, 0.1) is 12.7 Å². The van der Waals surface area contributed by atoms with Crippen molar-refractivity contribution in [3.63, 3.8) is 0 Å². The number of nitrogens with one attached hydrogen (secondary N) is 1. The van der Waals surface area contributed by atoms with E-state index in [1.54, 1.807) is 12.1 Å². The molecule has 0 spiro atoms. The highest BCUT2D eigenvalue weighted by atomic mass is 19.1. The van der Waals surface area contributed by atoms with E-state index in [1.807, 2.05) is 31.2 Å². The molecule has 7 nitrogen and oxygen atoms in total. The molecular weight excluding hydrogens is 385 g/mol. The first kappa shape index (κ1) is 20.2. The largest absolute Gasteiger partial charge is 0.419 e. The Morgan fingerprint density at radius 3 is 2.53 bits per heavy atom. The molecule has 0 unspecified atom stereocenters. The maximum absolute atomic E-state index is 13.0. The lowest BCUT2D eigenvalue weighted by Gasteiger charge is -2.33. The van der Waals surface area contributed by atoms with E-state index >= 15 is 0 Å². The average molecular weight is 409 g/mol. The van der Waals surface area contributed by atoms with Crippen LogP contribution < -0.4 is 5.32 Å². The van der Waals surface area contributed by atoms with E-state index in [1.165, 1.54) is 12.1 Å². The van der Waals surface area contributed by atoms with Crippen molar-refractivity contribution >= 4 is 11.6 Å². The Morgan fingerprint density at radius 2 is 1.80 bits per heavy atom. The van der Waals surface area contributed by atoms with Crippen LogP contribution in [0.25, 0.3) is 11.5 Å². The number of aromatic nitrogens is 2. The smallest absolute Gasteiger partial charge is 0.247 e. The van der Waals surface area contributed by atoms with Crippen molar-refractivity contribution < 1.29 is 13.6 Å². The van der Waals surface area contributed by atoms with Crippen LogP contribution in [0.3, 0.4) is 0 Å². The first-order chi connectivity index (χ1) is 14.5. The Balaban J connectivity index is 1.24. The number of nitrogens with zero attached hydrogens (tertiary/aromatic N) is 4. The van der Waals surface area contributed by atoms with Gasteiger partial charge in [-0.15, -0.1) is 10.2 Å². The molecule has 0 radical (unpaired) electrons. The Kier molecular flexibility index (Phi) is 6.15. The van der Waals surface area contributed by atoms with Crippen LogP contribution in [0.2, 0.25) is 0 Å². The third-order valence-electron chi connectivity index (χ3n) is 5.05. The molecule has 1 fully saturated rings. The van der Waals surface area contributed by atoms with Gasteiger partial charge in [-0.2, -0.15) is 0 Å². The van der Waals surface area contributed by atoms with Crippen molar-refractivity contribution in [3.05, 3.63) is 65.8 Å². The van der Waals surface area contributed by atoms with Crippen LogP contribution in [0.1, 0.15) is 11.5 Å². The van der Waals surface area contributed by atoms with Gasteiger partial charge in [0, 0.05) is 37.4 Å². The summed E-state index contributed by atoms with van der Waals surface area (Å²) in [5.74, 6) is 0.699. The van der Waals surface area contributed by atoms with Gasteiger partial charge in [-0.3, -0.25) is 14.6 Å². The van der Waals surface area contributed by atoms with E-state index < -0.39 is 0 Å². The second kappa shape index (κ2) is 9.15. The number of piperazine rings is 1. The summed E-state index contributed by atoms with van der Waals surface area (Å²) in [7, 11) is 0. The van der Waals surface area contributed by atoms with Crippen molar-refractivity contribution in [2.45, 2.75) is 13.5 Å². The minimum atomic E-state index is -0.323. The number of anilines is 1. The van der Waals surface area contributed by atoms with Gasteiger partial charge >= 0.3 is 0 Å². The lowest BCUT2D eigenvalue weighted by Crippen LogP contribution is -2.48. The molecular formula is C22H24FN5O2. The summed E-state index contributed by atoms with van der Waals surface area (Å²) in [6, 6.07) is 13.8. The number of halogens is 1. The van der Waals surface area contributed by atoms with E-state index in [4.69, 9.17) is 4.42 Å². The van der Waals surface area contributed by atoms with Crippen LogP contribution in [0.4, 0.5) is 10.1 Å². The lowest BCUT2D eigenvalue weighted by molar-refractivity contribution is -0.117. The summed E-state index contributed by atoms with van der Waals surface area (Å²) in [5, 5.41) is 11.1. The molecule has 0 bridgehead atoms. The first-order valence-corrected chi connectivity index (χ1v) is 9.95. The van der Waals surface area contributed by atoms with Gasteiger partial charge in [-0.05, 0) is 43.3 Å². The minimum Gasteiger partial charge on any atom is -0.419 e. The minimum absolute atomic E-state index is 0.102. The van der Waals surface area contributed by atoms with Crippen molar-refractivity contribution in [3.8, 4) is 11.5 Å². The van der Waals surface area contributed by atoms with Gasteiger partial charge in [0.15, 0.2) is 0 Å². The third-order valence-corrected chi connectivity index (χ3v) is 5.05. The number of carbonyl (C=O) groups excluding carboxylic acids is 1. The van der Waals surface area contributed by atoms with Crippen molar-refractivity contribution in [1.82, 2.24) is 20.0 Å². The van der Waals surface area contributed by atoms with E-state index in [0.717, 1.165) is 37.3 Å². The Morgan fingerprint density at radius 1 is 1.07 bits per heavy atom. The number of hydrogen-bond donors (Lipinski definition) is 1. The van der Waals surface area contributed by atoms with Crippen LogP contribution in [0.5, 0.6) is 0 Å². The predicted molar refractivity (Wildman–Crippen MR) is 111 cm³/mol. The molecule has 1 aliphatic rings. The van der Waals surface area contributed by atoms with Crippen molar-refractivity contribution in [1.29, 1.82) is 0 Å². The van der Waals surface area contributed by atoms with Crippen LogP contribution in [-0.2, 0) is 11.3 Å². The molecule has 0 aliphatic carbocycles. The second-order valence-electron chi connectivity index (χ2n) is 7.48. The van der Waals surface area contributed by atoms with Gasteiger partial charge in [-0.1, -0.05) is 17.7 Å². The quantitative estimate of drug-likeness (QED) is 0.675. The molecule has 2 aromatic carbocycles. The highest BCUT2D eigenvalue weighted by Gasteiger charge is 2.21. The van der Waals surface area contributed by atoms with E-state index in [0.29, 0.717) is 30.6 Å². The molecule has 0 atom stereocenters. The number of carbonyl (C=O) groups is 1. The highest BCUT2D eigenvalue weighted by Crippen LogP contribution is 2.19. The summed E-state index contributed by atoms with van der Waals surface area (Å²) in [6.07, 6.45) is 0. The molecule has 30 heavy (non-hydrogen) atoms. The van der Waals surface area contributed by atoms with Crippen LogP contribution in [-0.4, -0.2) is 58.6 Å². The fourth-order valence-corrected chi connectivity index (χ4v) is 3.45. The molecule has 1 aliphatic heterocycles. The predicted octanol–water partition coefficient (Wildman–Crippen LogP) is 2.94. The number of rotatable bonds is 6. The number of amides is 1. The maximum atomic E-state index is 13.0. The fourth-order valence-electron chi connectivity index (χ4n) is 3.45. The van der Waals surface area contributed by atoms with Crippen LogP contribution in [0.15, 0.2) is 52.9 Å². The molecule has 156 valence electrons. The number of aryl methyl sites for hydroxylation is 1. The fraction of sp³-hybridized carbons (Fsp3) is 0.318. The summed E-state index contributed by atoms with van der Waals surface area (Å²) in [5.41, 5.74) is 2.67. The Bertz CT molecular complexity index is 997. The van der Waals surface area contributed by atoms with Gasteiger partial charge in [0.05, 0.1) is 13.1 Å². The van der Waals surface area contributed by atoms with E-state index in [9.17, 15) is 9.18 Å². The summed E-state index contributed by atoms with van der Waals surface area (Å²) in [6.45, 7) is 6.10. The van der Waals surface area contributed by atoms with Crippen molar-refractivity contribution in [2.24, 2.45) is 0 Å². The molecule has 8 heteroatoms. The molecule has 1 amide bonds. The summed E-state index contributed by atoms with van der Waals surface area (Å²) < 4.78 is 18.8. The van der Waals surface area contributed by atoms with Gasteiger partial charge in [0.1, 0.15) is 5.82 Å². The van der Waals surface area contributed by atoms with Gasteiger partial charge in [0.2, 0.25) is 17.7 Å². The van der Waals surface area contributed by atoms with Gasteiger partial charge < -0.3 is 9.73 Å². The summed E-state index contributed by atoms with van der Waals surface area (Å²) >= 11 is 0. The molecule has 0 saturated carbocycles. The lowest BCUT2D eigenvalue weighted by atomic mass is 10.1. The third kappa shape index (κ3) is 5.28. The van der Waals surface area contributed by atoms with E-state index in [-0.39, 0.29) is 11.7 Å². The van der Waals surface area contributed by atoms with Crippen LogP contribution >= 0.6 is 0 Å². The molecule has 1 aromatic heterocycles. The SMILES string of the molecule is Cc1cccc(-c2nnc(CN3CCN(CC(=O)Nc4ccc(F)cc4)CC3)o2)c1. The maximum Gasteiger partial charge on any atom is 0.247 e. The zero-order valence-corrected chi connectivity index (χ0v) is 16.8. The molecule has 2 heterocycles.